The molecule has 26 heavy (non-hydrogen) atoms. The summed E-state index contributed by atoms with van der Waals surface area (Å²) < 4.78 is 0. The number of amides is 3. The Morgan fingerprint density at radius 2 is 2.15 bits per heavy atom. The molecule has 3 rings (SSSR count). The molecular formula is C18H25N5O3. The molecule has 0 saturated carbocycles. The van der Waals surface area contributed by atoms with E-state index < -0.39 is 11.8 Å². The smallest absolute Gasteiger partial charge is 0.313 e. The van der Waals surface area contributed by atoms with Crippen molar-refractivity contribution in [2.75, 3.05) is 24.1 Å². The molecule has 1 aromatic rings. The van der Waals surface area contributed by atoms with Gasteiger partial charge in [0.15, 0.2) is 0 Å². The number of carbonyl (C=O) groups excluding carboxylic acids is 3. The second kappa shape index (κ2) is 7.31. The van der Waals surface area contributed by atoms with Crippen LogP contribution in [-0.2, 0) is 14.4 Å². The van der Waals surface area contributed by atoms with E-state index in [0.29, 0.717) is 36.9 Å². The summed E-state index contributed by atoms with van der Waals surface area (Å²) in [6.07, 6.45) is 3.64. The number of nitrogens with zero attached hydrogens (tertiary/aromatic N) is 2. The van der Waals surface area contributed by atoms with Gasteiger partial charge >= 0.3 is 11.8 Å². The molecule has 3 unspecified atom stereocenters. The first-order valence-electron chi connectivity index (χ1n) is 8.96. The summed E-state index contributed by atoms with van der Waals surface area (Å²) in [7, 11) is 0. The zero-order chi connectivity index (χ0) is 18.8. The van der Waals surface area contributed by atoms with Crippen molar-refractivity contribution in [1.82, 2.24) is 15.2 Å². The van der Waals surface area contributed by atoms with Gasteiger partial charge in [-0.15, -0.1) is 0 Å². The van der Waals surface area contributed by atoms with Crippen molar-refractivity contribution in [2.24, 2.45) is 11.8 Å². The van der Waals surface area contributed by atoms with E-state index in [-0.39, 0.29) is 17.9 Å². The number of hydrogen-bond donors (Lipinski definition) is 3. The van der Waals surface area contributed by atoms with Gasteiger partial charge < -0.3 is 21.3 Å². The van der Waals surface area contributed by atoms with Crippen molar-refractivity contribution >= 4 is 29.2 Å². The summed E-state index contributed by atoms with van der Waals surface area (Å²) in [4.78, 5) is 42.5. The Balaban J connectivity index is 1.72. The number of piperidine rings is 1. The Kier molecular flexibility index (Phi) is 5.11. The van der Waals surface area contributed by atoms with Gasteiger partial charge in [0, 0.05) is 31.5 Å². The quantitative estimate of drug-likeness (QED) is 0.671. The van der Waals surface area contributed by atoms with Crippen molar-refractivity contribution in [3.63, 3.8) is 0 Å². The number of rotatable bonds is 2. The molecule has 0 aliphatic carbocycles. The first kappa shape index (κ1) is 18.2. The van der Waals surface area contributed by atoms with Crippen molar-refractivity contribution < 1.29 is 14.4 Å². The molecule has 0 radical (unpaired) electrons. The maximum Gasteiger partial charge on any atom is 0.313 e. The number of pyridine rings is 1. The van der Waals surface area contributed by atoms with E-state index in [2.05, 4.69) is 22.5 Å². The lowest BCUT2D eigenvalue weighted by molar-refractivity contribution is -0.147. The number of carbonyl (C=O) groups is 3. The minimum atomic E-state index is -0.688. The van der Waals surface area contributed by atoms with Crippen LogP contribution in [0.4, 0.5) is 11.5 Å². The van der Waals surface area contributed by atoms with E-state index in [1.165, 1.54) is 6.20 Å². The minimum Gasteiger partial charge on any atom is -0.383 e. The maximum absolute atomic E-state index is 12.8. The van der Waals surface area contributed by atoms with Gasteiger partial charge in [-0.1, -0.05) is 6.92 Å². The van der Waals surface area contributed by atoms with Gasteiger partial charge in [0.25, 0.3) is 0 Å². The summed E-state index contributed by atoms with van der Waals surface area (Å²) >= 11 is 0. The third-order valence-corrected chi connectivity index (χ3v) is 5.25. The summed E-state index contributed by atoms with van der Waals surface area (Å²) in [5.74, 6) is -0.463. The van der Waals surface area contributed by atoms with Gasteiger partial charge in [-0.3, -0.25) is 14.4 Å². The first-order chi connectivity index (χ1) is 12.3. The van der Waals surface area contributed by atoms with Crippen LogP contribution in [-0.4, -0.2) is 46.7 Å². The zero-order valence-electron chi connectivity index (χ0n) is 15.1. The zero-order valence-corrected chi connectivity index (χ0v) is 15.1. The van der Waals surface area contributed by atoms with Crippen molar-refractivity contribution in [1.29, 1.82) is 0 Å². The average Bonchev–Trinajstić information content (AvgIpc) is 3.03. The normalized spacial score (nSPS) is 25.7. The fourth-order valence-electron chi connectivity index (χ4n) is 3.77. The Morgan fingerprint density at radius 3 is 2.81 bits per heavy atom. The summed E-state index contributed by atoms with van der Waals surface area (Å²) in [5.41, 5.74) is 6.85. The van der Waals surface area contributed by atoms with Gasteiger partial charge in [-0.2, -0.15) is 0 Å². The van der Waals surface area contributed by atoms with Crippen molar-refractivity contribution in [3.8, 4) is 0 Å². The first-order valence-corrected chi connectivity index (χ1v) is 8.96. The molecule has 3 atom stereocenters. The lowest BCUT2D eigenvalue weighted by Gasteiger charge is -2.40. The molecule has 3 amide bonds. The molecule has 0 spiro atoms. The molecule has 4 N–H and O–H groups in total. The summed E-state index contributed by atoms with van der Waals surface area (Å²) in [6, 6.07) is 1.60. The third kappa shape index (κ3) is 3.79. The predicted molar refractivity (Wildman–Crippen MR) is 97.0 cm³/mol. The van der Waals surface area contributed by atoms with E-state index in [1.807, 2.05) is 0 Å². The summed E-state index contributed by atoms with van der Waals surface area (Å²) in [5, 5.41) is 5.43. The predicted octanol–water partition coefficient (Wildman–Crippen LogP) is 0.674. The fraction of sp³-hybridized carbons (Fsp3) is 0.556. The van der Waals surface area contributed by atoms with Crippen LogP contribution in [0.1, 0.15) is 31.7 Å². The largest absolute Gasteiger partial charge is 0.383 e. The number of aromatic nitrogens is 1. The van der Waals surface area contributed by atoms with Crippen LogP contribution >= 0.6 is 0 Å². The Bertz CT molecular complexity index is 736. The SMILES string of the molecule is Cc1cc(NC(=O)C(=O)N2CC(C)CCC2C2CNC(=O)C2)cnc1N. The molecule has 2 saturated heterocycles. The number of nitrogens with one attached hydrogen (secondary N) is 2. The molecule has 2 aliphatic rings. The van der Waals surface area contributed by atoms with E-state index in [1.54, 1.807) is 17.9 Å². The van der Waals surface area contributed by atoms with E-state index in [4.69, 9.17) is 5.73 Å². The Labute approximate surface area is 152 Å². The highest BCUT2D eigenvalue weighted by Crippen LogP contribution is 2.30. The fourth-order valence-corrected chi connectivity index (χ4v) is 3.77. The summed E-state index contributed by atoms with van der Waals surface area (Å²) in [6.45, 7) is 4.94. The molecule has 1 aromatic heterocycles. The van der Waals surface area contributed by atoms with Crippen LogP contribution in [0, 0.1) is 18.8 Å². The number of anilines is 2. The van der Waals surface area contributed by atoms with Crippen LogP contribution in [0.15, 0.2) is 12.3 Å². The van der Waals surface area contributed by atoms with E-state index >= 15 is 0 Å². The number of hydrogen-bond acceptors (Lipinski definition) is 5. The van der Waals surface area contributed by atoms with Crippen LogP contribution < -0.4 is 16.4 Å². The Hall–Kier alpha value is -2.64. The monoisotopic (exact) mass is 359 g/mol. The highest BCUT2D eigenvalue weighted by molar-refractivity contribution is 6.39. The van der Waals surface area contributed by atoms with Crippen LogP contribution in [0.25, 0.3) is 0 Å². The highest BCUT2D eigenvalue weighted by Gasteiger charge is 2.40. The van der Waals surface area contributed by atoms with Gasteiger partial charge in [0.05, 0.1) is 11.9 Å². The van der Waals surface area contributed by atoms with Crippen LogP contribution in [0.3, 0.4) is 0 Å². The number of nitrogen functional groups attached to an aromatic ring is 1. The molecular weight excluding hydrogens is 334 g/mol. The molecule has 3 heterocycles. The lowest BCUT2D eigenvalue weighted by atomic mass is 9.85. The number of aryl methyl sites for hydroxylation is 1. The van der Waals surface area contributed by atoms with Gasteiger partial charge in [0.2, 0.25) is 5.91 Å². The Morgan fingerprint density at radius 1 is 1.38 bits per heavy atom. The maximum atomic E-state index is 12.8. The molecule has 2 fully saturated rings. The van der Waals surface area contributed by atoms with Gasteiger partial charge in [-0.05, 0) is 37.3 Å². The number of likely N-dealkylation sites (tertiary alicyclic amines) is 1. The second-order valence-electron chi connectivity index (χ2n) is 7.36. The van der Waals surface area contributed by atoms with Gasteiger partial charge in [0.1, 0.15) is 5.82 Å². The standard InChI is InChI=1S/C18H25N5O3/c1-10-3-4-14(12-6-15(24)20-7-12)23(9-10)18(26)17(25)22-13-5-11(2)16(19)21-8-13/h5,8,10,12,14H,3-4,6-7,9H2,1-2H3,(H2,19,21)(H,20,24)(H,22,25). The molecule has 0 bridgehead atoms. The lowest BCUT2D eigenvalue weighted by Crippen LogP contribution is -2.53. The highest BCUT2D eigenvalue weighted by atomic mass is 16.2. The van der Waals surface area contributed by atoms with Crippen LogP contribution in [0.2, 0.25) is 0 Å². The van der Waals surface area contributed by atoms with Crippen molar-refractivity contribution in [2.45, 2.75) is 39.2 Å². The molecule has 8 nitrogen and oxygen atoms in total. The van der Waals surface area contributed by atoms with E-state index in [0.717, 1.165) is 18.4 Å². The molecule has 140 valence electrons. The molecule has 8 heteroatoms. The minimum absolute atomic E-state index is 0.00824. The average molecular weight is 359 g/mol. The molecule has 0 aromatic carbocycles. The van der Waals surface area contributed by atoms with Gasteiger partial charge in [-0.25, -0.2) is 4.98 Å². The second-order valence-corrected chi connectivity index (χ2v) is 7.36. The van der Waals surface area contributed by atoms with Crippen LogP contribution in [0.5, 0.6) is 0 Å². The van der Waals surface area contributed by atoms with E-state index in [9.17, 15) is 14.4 Å². The third-order valence-electron chi connectivity index (χ3n) is 5.25. The molecule has 2 aliphatic heterocycles. The van der Waals surface area contributed by atoms with Crippen molar-refractivity contribution in [3.05, 3.63) is 17.8 Å². The number of nitrogens with two attached hydrogens (primary N) is 1. The topological polar surface area (TPSA) is 117 Å².